The Morgan fingerprint density at radius 3 is 2.40 bits per heavy atom. The molecule has 0 spiro atoms. The van der Waals surface area contributed by atoms with Crippen LogP contribution in [0.5, 0.6) is 5.75 Å². The molecule has 1 aliphatic heterocycles. The maximum atomic E-state index is 13.0. The highest BCUT2D eigenvalue weighted by molar-refractivity contribution is 7.92. The summed E-state index contributed by atoms with van der Waals surface area (Å²) in [5.41, 5.74) is 3.12. The van der Waals surface area contributed by atoms with Crippen molar-refractivity contribution in [3.05, 3.63) is 22.3 Å². The van der Waals surface area contributed by atoms with E-state index in [4.69, 9.17) is 17.0 Å². The lowest BCUT2D eigenvalue weighted by Gasteiger charge is -2.35. The van der Waals surface area contributed by atoms with Gasteiger partial charge in [0.15, 0.2) is 5.11 Å². The molecule has 2 N–H and O–H groups in total. The number of nitrogens with one attached hydrogen (secondary N) is 2. The normalized spacial score (nSPS) is 18.9. The summed E-state index contributed by atoms with van der Waals surface area (Å²) in [5.74, 6) is 0.837. The van der Waals surface area contributed by atoms with Crippen LogP contribution in [-0.2, 0) is 16.4 Å². The number of rotatable bonds is 3. The molecule has 2 aliphatic rings. The van der Waals surface area contributed by atoms with E-state index in [-0.39, 0.29) is 10.7 Å². The third-order valence-electron chi connectivity index (χ3n) is 5.07. The molecule has 0 radical (unpaired) electrons. The molecule has 1 aliphatic carbocycles. The molecule has 0 bridgehead atoms. The molecule has 0 atom stereocenters. The highest BCUT2D eigenvalue weighted by Crippen LogP contribution is 2.42. The van der Waals surface area contributed by atoms with Crippen molar-refractivity contribution in [1.29, 1.82) is 0 Å². The standard InChI is InChI=1S/C18H26N2O3S2/c1-10-11(2)16(25(21,22)20-17(24)19-13-6-7-13)12(3)14-8-9-18(4,5)23-15(10)14/h13H,6-9H2,1-5H3,(H2,19,20,24). The molecule has 1 saturated carbocycles. The smallest absolute Gasteiger partial charge is 0.264 e. The minimum atomic E-state index is -3.73. The highest BCUT2D eigenvalue weighted by Gasteiger charge is 2.34. The lowest BCUT2D eigenvalue weighted by molar-refractivity contribution is 0.0832. The number of fused-ring (bicyclic) bond motifs is 1. The number of ether oxygens (including phenoxy) is 1. The van der Waals surface area contributed by atoms with Crippen molar-refractivity contribution in [2.45, 2.75) is 76.8 Å². The summed E-state index contributed by atoms with van der Waals surface area (Å²) >= 11 is 5.16. The number of hydrogen-bond acceptors (Lipinski definition) is 4. The summed E-state index contributed by atoms with van der Waals surface area (Å²) in [5, 5.41) is 3.20. The summed E-state index contributed by atoms with van der Waals surface area (Å²) < 4.78 is 34.6. The molecule has 1 heterocycles. The summed E-state index contributed by atoms with van der Waals surface area (Å²) in [6.07, 6.45) is 3.73. The second kappa shape index (κ2) is 6.13. The average molecular weight is 383 g/mol. The third kappa shape index (κ3) is 3.62. The minimum absolute atomic E-state index is 0.175. The van der Waals surface area contributed by atoms with Crippen molar-refractivity contribution >= 4 is 27.4 Å². The maximum absolute atomic E-state index is 13.0. The van der Waals surface area contributed by atoms with E-state index in [1.807, 2.05) is 20.8 Å². The Bertz CT molecular complexity index is 841. The number of sulfonamides is 1. The fraction of sp³-hybridized carbons (Fsp3) is 0.611. The van der Waals surface area contributed by atoms with E-state index in [1.165, 1.54) is 0 Å². The topological polar surface area (TPSA) is 67.4 Å². The van der Waals surface area contributed by atoms with Crippen LogP contribution in [0.1, 0.15) is 55.4 Å². The predicted octanol–water partition coefficient (Wildman–Crippen LogP) is 3.03. The van der Waals surface area contributed by atoms with E-state index in [9.17, 15) is 8.42 Å². The summed E-state index contributed by atoms with van der Waals surface area (Å²) in [7, 11) is -3.73. The second-order valence-corrected chi connectivity index (χ2v) is 9.75. The Hall–Kier alpha value is -1.34. The lowest BCUT2D eigenvalue weighted by atomic mass is 9.88. The van der Waals surface area contributed by atoms with Crippen molar-refractivity contribution < 1.29 is 13.2 Å². The fourth-order valence-electron chi connectivity index (χ4n) is 3.37. The van der Waals surface area contributed by atoms with Crippen LogP contribution in [-0.4, -0.2) is 25.2 Å². The number of thiocarbonyl (C=S) groups is 1. The van der Waals surface area contributed by atoms with E-state index in [0.29, 0.717) is 10.9 Å². The molecule has 3 rings (SSSR count). The lowest BCUT2D eigenvalue weighted by Crippen LogP contribution is -2.41. The first-order valence-corrected chi connectivity index (χ1v) is 10.6. The van der Waals surface area contributed by atoms with E-state index >= 15 is 0 Å². The Labute approximate surface area is 155 Å². The van der Waals surface area contributed by atoms with Gasteiger partial charge in [0.05, 0.1) is 4.90 Å². The molecule has 1 aromatic rings. The first kappa shape index (κ1) is 18.5. The van der Waals surface area contributed by atoms with Gasteiger partial charge < -0.3 is 10.1 Å². The number of hydrogen-bond donors (Lipinski definition) is 2. The van der Waals surface area contributed by atoms with Gasteiger partial charge in [0.25, 0.3) is 10.0 Å². The van der Waals surface area contributed by atoms with Crippen LogP contribution in [0.2, 0.25) is 0 Å². The first-order valence-electron chi connectivity index (χ1n) is 8.67. The van der Waals surface area contributed by atoms with Crippen LogP contribution < -0.4 is 14.8 Å². The highest BCUT2D eigenvalue weighted by atomic mass is 32.2. The molecule has 138 valence electrons. The monoisotopic (exact) mass is 382 g/mol. The largest absolute Gasteiger partial charge is 0.487 e. The SMILES string of the molecule is Cc1c(C)c(S(=O)(=O)NC(=S)NC2CC2)c(C)c2c1OC(C)(C)CC2. The van der Waals surface area contributed by atoms with Crippen LogP contribution in [0.4, 0.5) is 0 Å². The first-order chi connectivity index (χ1) is 11.5. The van der Waals surface area contributed by atoms with Gasteiger partial charge in [-0.1, -0.05) is 0 Å². The van der Waals surface area contributed by atoms with Gasteiger partial charge in [0.1, 0.15) is 11.4 Å². The van der Waals surface area contributed by atoms with Crippen LogP contribution in [0.3, 0.4) is 0 Å². The van der Waals surface area contributed by atoms with Crippen LogP contribution in [0.25, 0.3) is 0 Å². The second-order valence-electron chi connectivity index (χ2n) is 7.73. The van der Waals surface area contributed by atoms with Gasteiger partial charge in [-0.25, -0.2) is 8.42 Å². The fourth-order valence-corrected chi connectivity index (χ4v) is 5.35. The molecule has 0 aromatic heterocycles. The Balaban J connectivity index is 2.02. The zero-order valence-corrected chi connectivity index (χ0v) is 17.1. The molecule has 1 aromatic carbocycles. The Kier molecular flexibility index (Phi) is 4.52. The van der Waals surface area contributed by atoms with Crippen LogP contribution >= 0.6 is 12.2 Å². The van der Waals surface area contributed by atoms with Crippen LogP contribution in [0, 0.1) is 20.8 Å². The van der Waals surface area contributed by atoms with E-state index in [1.54, 1.807) is 0 Å². The van der Waals surface area contributed by atoms with E-state index in [2.05, 4.69) is 23.9 Å². The van der Waals surface area contributed by atoms with Gasteiger partial charge in [0.2, 0.25) is 0 Å². The van der Waals surface area contributed by atoms with Crippen LogP contribution in [0.15, 0.2) is 4.90 Å². The average Bonchev–Trinajstić information content (AvgIpc) is 3.26. The van der Waals surface area contributed by atoms with Crippen molar-refractivity contribution in [2.24, 2.45) is 0 Å². The molecule has 5 nitrogen and oxygen atoms in total. The van der Waals surface area contributed by atoms with E-state index < -0.39 is 10.0 Å². The molecule has 0 saturated heterocycles. The summed E-state index contributed by atoms with van der Waals surface area (Å²) in [6, 6.07) is 0.304. The van der Waals surface area contributed by atoms with Gasteiger partial charge in [-0.2, -0.15) is 0 Å². The van der Waals surface area contributed by atoms with Crippen molar-refractivity contribution in [1.82, 2.24) is 10.0 Å². The minimum Gasteiger partial charge on any atom is -0.487 e. The van der Waals surface area contributed by atoms with Gasteiger partial charge >= 0.3 is 0 Å². The van der Waals surface area contributed by atoms with Gasteiger partial charge in [-0.05, 0) is 94.8 Å². The molecule has 0 unspecified atom stereocenters. The van der Waals surface area contributed by atoms with Crippen molar-refractivity contribution in [2.75, 3.05) is 0 Å². The maximum Gasteiger partial charge on any atom is 0.264 e. The summed E-state index contributed by atoms with van der Waals surface area (Å²) in [4.78, 5) is 0.326. The molecular weight excluding hydrogens is 356 g/mol. The van der Waals surface area contributed by atoms with E-state index in [0.717, 1.165) is 53.7 Å². The summed E-state index contributed by atoms with van der Waals surface area (Å²) in [6.45, 7) is 9.75. The van der Waals surface area contributed by atoms with Gasteiger partial charge in [0, 0.05) is 6.04 Å². The predicted molar refractivity (Wildman–Crippen MR) is 103 cm³/mol. The quantitative estimate of drug-likeness (QED) is 0.787. The Morgan fingerprint density at radius 2 is 1.80 bits per heavy atom. The van der Waals surface area contributed by atoms with Crippen molar-refractivity contribution in [3.63, 3.8) is 0 Å². The molecular formula is C18H26N2O3S2. The molecule has 0 amide bonds. The number of benzene rings is 1. The zero-order valence-electron chi connectivity index (χ0n) is 15.4. The zero-order chi connectivity index (χ0) is 18.6. The van der Waals surface area contributed by atoms with Gasteiger partial charge in [-0.15, -0.1) is 0 Å². The third-order valence-corrected chi connectivity index (χ3v) is 7.05. The molecule has 25 heavy (non-hydrogen) atoms. The molecule has 1 fully saturated rings. The Morgan fingerprint density at radius 1 is 1.16 bits per heavy atom. The molecule has 7 heteroatoms. The van der Waals surface area contributed by atoms with Crippen molar-refractivity contribution in [3.8, 4) is 5.75 Å². The van der Waals surface area contributed by atoms with Gasteiger partial charge in [-0.3, -0.25) is 4.72 Å².